The average Bonchev–Trinajstić information content (AvgIpc) is 2.55. The van der Waals surface area contributed by atoms with Crippen LogP contribution >= 0.6 is 0 Å². The zero-order chi connectivity index (χ0) is 9.73. The van der Waals surface area contributed by atoms with Crippen molar-refractivity contribution in [3.05, 3.63) is 0 Å². The Kier molecular flexibility index (Phi) is 3.77. The van der Waals surface area contributed by atoms with Crippen molar-refractivity contribution in [3.8, 4) is 12.3 Å². The van der Waals surface area contributed by atoms with Crippen molar-refractivity contribution in [1.82, 2.24) is 10.2 Å². The van der Waals surface area contributed by atoms with Crippen LogP contribution in [0.25, 0.3) is 0 Å². The van der Waals surface area contributed by atoms with Crippen LogP contribution in [0.1, 0.15) is 25.7 Å². The van der Waals surface area contributed by atoms with E-state index in [2.05, 4.69) is 30.2 Å². The first kappa shape index (κ1) is 10.6. The van der Waals surface area contributed by atoms with Crippen LogP contribution in [-0.2, 0) is 0 Å². The summed E-state index contributed by atoms with van der Waals surface area (Å²) in [6.45, 7) is 1.72. The molecule has 0 aromatic rings. The number of nitrogens with one attached hydrogen (secondary N) is 1. The molecule has 0 atom stereocenters. The van der Waals surface area contributed by atoms with Gasteiger partial charge in [-0.1, -0.05) is 18.8 Å². The SMILES string of the molecule is C#CCNCC1(N(C)C)CCCC1. The smallest absolute Gasteiger partial charge is 0.0574 e. The van der Waals surface area contributed by atoms with Crippen molar-refractivity contribution >= 4 is 0 Å². The summed E-state index contributed by atoms with van der Waals surface area (Å²) in [7, 11) is 4.34. The molecule has 74 valence electrons. The minimum absolute atomic E-state index is 0.372. The molecule has 0 radical (unpaired) electrons. The van der Waals surface area contributed by atoms with E-state index in [0.29, 0.717) is 12.1 Å². The van der Waals surface area contributed by atoms with Gasteiger partial charge in [0.05, 0.1) is 6.54 Å². The number of hydrogen-bond acceptors (Lipinski definition) is 2. The number of hydrogen-bond donors (Lipinski definition) is 1. The van der Waals surface area contributed by atoms with E-state index in [1.807, 2.05) is 0 Å². The molecule has 1 rings (SSSR count). The molecule has 1 fully saturated rings. The number of terminal acetylenes is 1. The molecular weight excluding hydrogens is 160 g/mol. The van der Waals surface area contributed by atoms with Gasteiger partial charge in [0.25, 0.3) is 0 Å². The fraction of sp³-hybridized carbons (Fsp3) is 0.818. The summed E-state index contributed by atoms with van der Waals surface area (Å²) in [5.41, 5.74) is 0.372. The highest BCUT2D eigenvalue weighted by molar-refractivity contribution is 4.96. The van der Waals surface area contributed by atoms with Crippen molar-refractivity contribution in [2.24, 2.45) is 0 Å². The van der Waals surface area contributed by atoms with E-state index < -0.39 is 0 Å². The fourth-order valence-corrected chi connectivity index (χ4v) is 2.18. The van der Waals surface area contributed by atoms with Crippen LogP contribution in [-0.4, -0.2) is 37.6 Å². The summed E-state index contributed by atoms with van der Waals surface area (Å²) < 4.78 is 0. The molecule has 0 bridgehead atoms. The van der Waals surface area contributed by atoms with Gasteiger partial charge < -0.3 is 10.2 Å². The Labute approximate surface area is 81.7 Å². The van der Waals surface area contributed by atoms with Gasteiger partial charge in [0, 0.05) is 12.1 Å². The molecule has 0 heterocycles. The normalized spacial score (nSPS) is 20.5. The predicted octanol–water partition coefficient (Wildman–Crippen LogP) is 1.08. The Morgan fingerprint density at radius 2 is 2.00 bits per heavy atom. The Bertz CT molecular complexity index is 185. The van der Waals surface area contributed by atoms with Crippen LogP contribution in [0.15, 0.2) is 0 Å². The van der Waals surface area contributed by atoms with E-state index in [1.54, 1.807) is 0 Å². The van der Waals surface area contributed by atoms with Gasteiger partial charge in [0.2, 0.25) is 0 Å². The monoisotopic (exact) mass is 180 g/mol. The van der Waals surface area contributed by atoms with Gasteiger partial charge in [0.1, 0.15) is 0 Å². The fourth-order valence-electron chi connectivity index (χ4n) is 2.18. The minimum atomic E-state index is 0.372. The standard InChI is InChI=1S/C11H20N2/c1-4-9-12-10-11(13(2)3)7-5-6-8-11/h1,12H,5-10H2,2-3H3. The number of likely N-dealkylation sites (N-methyl/N-ethyl adjacent to an activating group) is 1. The molecule has 1 aliphatic carbocycles. The summed E-state index contributed by atoms with van der Waals surface area (Å²) >= 11 is 0. The van der Waals surface area contributed by atoms with Crippen LogP contribution < -0.4 is 5.32 Å². The average molecular weight is 180 g/mol. The highest BCUT2D eigenvalue weighted by Crippen LogP contribution is 2.32. The molecule has 0 unspecified atom stereocenters. The number of nitrogens with zero attached hydrogens (tertiary/aromatic N) is 1. The summed E-state index contributed by atoms with van der Waals surface area (Å²) in [5, 5.41) is 3.32. The van der Waals surface area contributed by atoms with Gasteiger partial charge in [0.15, 0.2) is 0 Å². The maximum atomic E-state index is 5.21. The first-order valence-electron chi connectivity index (χ1n) is 5.03. The summed E-state index contributed by atoms with van der Waals surface area (Å²) in [6, 6.07) is 0. The second-order valence-corrected chi connectivity index (χ2v) is 4.13. The lowest BCUT2D eigenvalue weighted by Gasteiger charge is -2.36. The molecule has 1 aliphatic rings. The lowest BCUT2D eigenvalue weighted by molar-refractivity contribution is 0.156. The van der Waals surface area contributed by atoms with Crippen LogP contribution in [0.5, 0.6) is 0 Å². The Balaban J connectivity index is 2.43. The Hall–Kier alpha value is -0.520. The van der Waals surface area contributed by atoms with Gasteiger partial charge in [-0.15, -0.1) is 6.42 Å². The zero-order valence-corrected chi connectivity index (χ0v) is 8.77. The largest absolute Gasteiger partial charge is 0.304 e. The molecule has 0 amide bonds. The second-order valence-electron chi connectivity index (χ2n) is 4.13. The molecule has 0 saturated heterocycles. The van der Waals surface area contributed by atoms with E-state index in [0.717, 1.165) is 6.54 Å². The predicted molar refractivity (Wildman–Crippen MR) is 56.6 cm³/mol. The van der Waals surface area contributed by atoms with Crippen molar-refractivity contribution in [1.29, 1.82) is 0 Å². The van der Waals surface area contributed by atoms with Crippen molar-refractivity contribution in [3.63, 3.8) is 0 Å². The molecule has 1 saturated carbocycles. The topological polar surface area (TPSA) is 15.3 Å². The van der Waals surface area contributed by atoms with Crippen molar-refractivity contribution < 1.29 is 0 Å². The van der Waals surface area contributed by atoms with Crippen LogP contribution in [0.2, 0.25) is 0 Å². The molecular formula is C11H20N2. The third-order valence-electron chi connectivity index (χ3n) is 3.16. The molecule has 0 spiro atoms. The molecule has 0 aromatic heterocycles. The van der Waals surface area contributed by atoms with E-state index in [4.69, 9.17) is 6.42 Å². The van der Waals surface area contributed by atoms with E-state index >= 15 is 0 Å². The van der Waals surface area contributed by atoms with Crippen LogP contribution in [0.4, 0.5) is 0 Å². The molecule has 0 aliphatic heterocycles. The summed E-state index contributed by atoms with van der Waals surface area (Å²) in [6.07, 6.45) is 10.5. The Morgan fingerprint density at radius 1 is 1.38 bits per heavy atom. The maximum Gasteiger partial charge on any atom is 0.0574 e. The lowest BCUT2D eigenvalue weighted by atomic mass is 9.96. The first-order valence-corrected chi connectivity index (χ1v) is 5.03. The van der Waals surface area contributed by atoms with Gasteiger partial charge in [-0.05, 0) is 26.9 Å². The Morgan fingerprint density at radius 3 is 2.46 bits per heavy atom. The van der Waals surface area contributed by atoms with Gasteiger partial charge in [-0.2, -0.15) is 0 Å². The van der Waals surface area contributed by atoms with Gasteiger partial charge >= 0.3 is 0 Å². The van der Waals surface area contributed by atoms with E-state index in [9.17, 15) is 0 Å². The van der Waals surface area contributed by atoms with E-state index in [1.165, 1.54) is 25.7 Å². The quantitative estimate of drug-likeness (QED) is 0.514. The van der Waals surface area contributed by atoms with Crippen molar-refractivity contribution in [2.45, 2.75) is 31.2 Å². The molecule has 2 nitrogen and oxygen atoms in total. The highest BCUT2D eigenvalue weighted by atomic mass is 15.2. The second kappa shape index (κ2) is 4.64. The van der Waals surface area contributed by atoms with E-state index in [-0.39, 0.29) is 0 Å². The molecule has 2 heteroatoms. The first-order chi connectivity index (χ1) is 6.21. The highest BCUT2D eigenvalue weighted by Gasteiger charge is 2.35. The third kappa shape index (κ3) is 2.46. The molecule has 0 aromatic carbocycles. The summed E-state index contributed by atoms with van der Waals surface area (Å²) in [5.74, 6) is 2.62. The number of rotatable bonds is 4. The maximum absolute atomic E-state index is 5.21. The van der Waals surface area contributed by atoms with Crippen molar-refractivity contribution in [2.75, 3.05) is 27.2 Å². The van der Waals surface area contributed by atoms with Gasteiger partial charge in [-0.25, -0.2) is 0 Å². The zero-order valence-electron chi connectivity index (χ0n) is 8.77. The molecule has 13 heavy (non-hydrogen) atoms. The third-order valence-corrected chi connectivity index (χ3v) is 3.16. The van der Waals surface area contributed by atoms with Crippen LogP contribution in [0, 0.1) is 12.3 Å². The molecule has 1 N–H and O–H groups in total. The minimum Gasteiger partial charge on any atom is -0.304 e. The lowest BCUT2D eigenvalue weighted by Crippen LogP contribution is -2.49. The van der Waals surface area contributed by atoms with Crippen LogP contribution in [0.3, 0.4) is 0 Å². The van der Waals surface area contributed by atoms with Gasteiger partial charge in [-0.3, -0.25) is 0 Å². The summed E-state index contributed by atoms with van der Waals surface area (Å²) in [4.78, 5) is 2.35.